The molecular weight excluding hydrogens is 256 g/mol. The van der Waals surface area contributed by atoms with Gasteiger partial charge in [-0.3, -0.25) is 0 Å². The van der Waals surface area contributed by atoms with Crippen LogP contribution in [-0.2, 0) is 0 Å². The molecule has 0 aromatic carbocycles. The highest BCUT2D eigenvalue weighted by molar-refractivity contribution is 7.99. The highest BCUT2D eigenvalue weighted by Crippen LogP contribution is 2.42. The highest BCUT2D eigenvalue weighted by atomic mass is 32.2. The number of rotatable bonds is 5. The summed E-state index contributed by atoms with van der Waals surface area (Å²) in [5, 5.41) is 5.13. The van der Waals surface area contributed by atoms with Crippen molar-refractivity contribution in [2.24, 2.45) is 5.41 Å². The van der Waals surface area contributed by atoms with Gasteiger partial charge in [0.05, 0.1) is 5.69 Å². The molecule has 1 heterocycles. The Morgan fingerprint density at radius 2 is 2.32 bits per heavy atom. The maximum absolute atomic E-state index is 5.51. The fourth-order valence-corrected chi connectivity index (χ4v) is 4.38. The van der Waals surface area contributed by atoms with Crippen LogP contribution >= 0.6 is 11.8 Å². The molecule has 2 atom stereocenters. The third-order valence-electron chi connectivity index (χ3n) is 3.99. The Kier molecular flexibility index (Phi) is 4.96. The van der Waals surface area contributed by atoms with Crippen molar-refractivity contribution in [3.05, 3.63) is 12.0 Å². The summed E-state index contributed by atoms with van der Waals surface area (Å²) in [5.74, 6) is 0. The van der Waals surface area contributed by atoms with Crippen LogP contribution in [-0.4, -0.2) is 22.8 Å². The van der Waals surface area contributed by atoms with Gasteiger partial charge in [-0.2, -0.15) is 0 Å². The van der Waals surface area contributed by atoms with E-state index in [-0.39, 0.29) is 0 Å². The Labute approximate surface area is 120 Å². The molecule has 0 saturated heterocycles. The summed E-state index contributed by atoms with van der Waals surface area (Å²) in [5.41, 5.74) is 1.32. The monoisotopic (exact) mass is 282 g/mol. The van der Waals surface area contributed by atoms with E-state index < -0.39 is 0 Å². The molecule has 2 unspecified atom stereocenters. The molecule has 1 aliphatic carbocycles. The number of thioether (sulfide) groups is 1. The predicted octanol–water partition coefficient (Wildman–Crippen LogP) is 4.02. The van der Waals surface area contributed by atoms with Gasteiger partial charge in [0.2, 0.25) is 0 Å². The zero-order chi connectivity index (χ0) is 13.9. The van der Waals surface area contributed by atoms with Crippen LogP contribution in [0.2, 0.25) is 0 Å². The first-order chi connectivity index (χ1) is 9.03. The van der Waals surface area contributed by atoms with Crippen LogP contribution in [0, 0.1) is 12.3 Å². The standard InChI is InChI=1S/C15H26N2OS/c1-5-9-16-13-12(7-6-8-15(13,3)4)19-14-17-11(2)10-18-14/h10,12-13,16H,5-9H2,1-4H3. The summed E-state index contributed by atoms with van der Waals surface area (Å²) >= 11 is 1.81. The van der Waals surface area contributed by atoms with E-state index in [1.807, 2.05) is 6.92 Å². The van der Waals surface area contributed by atoms with Crippen LogP contribution in [0.15, 0.2) is 15.9 Å². The minimum absolute atomic E-state index is 0.354. The third kappa shape index (κ3) is 3.76. The summed E-state index contributed by atoms with van der Waals surface area (Å²) in [7, 11) is 0. The molecule has 0 amide bonds. The van der Waals surface area contributed by atoms with E-state index in [0.29, 0.717) is 16.7 Å². The molecule has 1 aromatic heterocycles. The smallest absolute Gasteiger partial charge is 0.256 e. The first kappa shape index (κ1) is 14.9. The van der Waals surface area contributed by atoms with Crippen molar-refractivity contribution in [1.29, 1.82) is 0 Å². The van der Waals surface area contributed by atoms with Crippen LogP contribution in [0.5, 0.6) is 0 Å². The van der Waals surface area contributed by atoms with Gasteiger partial charge >= 0.3 is 0 Å². The van der Waals surface area contributed by atoms with Gasteiger partial charge in [-0.05, 0) is 38.1 Å². The van der Waals surface area contributed by atoms with E-state index in [1.54, 1.807) is 18.0 Å². The van der Waals surface area contributed by atoms with Gasteiger partial charge in [0.15, 0.2) is 0 Å². The van der Waals surface area contributed by atoms with Crippen molar-refractivity contribution in [3.63, 3.8) is 0 Å². The average molecular weight is 282 g/mol. The number of hydrogen-bond acceptors (Lipinski definition) is 4. The summed E-state index contributed by atoms with van der Waals surface area (Å²) in [4.78, 5) is 4.44. The number of nitrogens with one attached hydrogen (secondary N) is 1. The summed E-state index contributed by atoms with van der Waals surface area (Å²) < 4.78 is 5.51. The molecule has 19 heavy (non-hydrogen) atoms. The van der Waals surface area contributed by atoms with Crippen LogP contribution in [0.3, 0.4) is 0 Å². The topological polar surface area (TPSA) is 38.1 Å². The van der Waals surface area contributed by atoms with Gasteiger partial charge in [-0.1, -0.05) is 39.0 Å². The van der Waals surface area contributed by atoms with Crippen LogP contribution < -0.4 is 5.32 Å². The fraction of sp³-hybridized carbons (Fsp3) is 0.800. The zero-order valence-electron chi connectivity index (χ0n) is 12.5. The molecule has 1 aromatic rings. The van der Waals surface area contributed by atoms with Gasteiger partial charge < -0.3 is 9.73 Å². The molecule has 108 valence electrons. The summed E-state index contributed by atoms with van der Waals surface area (Å²) in [6, 6.07) is 0.540. The predicted molar refractivity (Wildman–Crippen MR) is 80.6 cm³/mol. The zero-order valence-corrected chi connectivity index (χ0v) is 13.3. The van der Waals surface area contributed by atoms with Crippen molar-refractivity contribution in [2.75, 3.05) is 6.54 Å². The summed E-state index contributed by atoms with van der Waals surface area (Å²) in [6.07, 6.45) is 6.77. The normalized spacial score (nSPS) is 26.5. The minimum Gasteiger partial charge on any atom is -0.440 e. The third-order valence-corrected chi connectivity index (χ3v) is 5.19. The molecule has 1 N–H and O–H groups in total. The molecule has 4 heteroatoms. The van der Waals surface area contributed by atoms with E-state index in [0.717, 1.165) is 17.5 Å². The molecule has 0 spiro atoms. The summed E-state index contributed by atoms with van der Waals surface area (Å²) in [6.45, 7) is 10.1. The van der Waals surface area contributed by atoms with Gasteiger partial charge in [-0.25, -0.2) is 4.98 Å². The van der Waals surface area contributed by atoms with Gasteiger partial charge in [0, 0.05) is 11.3 Å². The lowest BCUT2D eigenvalue weighted by Gasteiger charge is -2.44. The number of aromatic nitrogens is 1. The van der Waals surface area contributed by atoms with Crippen molar-refractivity contribution >= 4 is 11.8 Å². The lowest BCUT2D eigenvalue weighted by Crippen LogP contribution is -2.51. The molecule has 1 aliphatic rings. The van der Waals surface area contributed by atoms with Gasteiger partial charge in [-0.15, -0.1) is 0 Å². The largest absolute Gasteiger partial charge is 0.440 e. The Balaban J connectivity index is 2.06. The minimum atomic E-state index is 0.354. The fourth-order valence-electron chi connectivity index (χ4n) is 2.93. The SMILES string of the molecule is CCCNC1C(Sc2nc(C)co2)CCCC1(C)C. The first-order valence-electron chi connectivity index (χ1n) is 7.35. The lowest BCUT2D eigenvalue weighted by atomic mass is 9.73. The van der Waals surface area contributed by atoms with Crippen LogP contribution in [0.4, 0.5) is 0 Å². The Bertz CT molecular complexity index is 403. The maximum Gasteiger partial charge on any atom is 0.256 e. The van der Waals surface area contributed by atoms with Crippen molar-refractivity contribution < 1.29 is 4.42 Å². The van der Waals surface area contributed by atoms with E-state index in [1.165, 1.54) is 25.7 Å². The van der Waals surface area contributed by atoms with E-state index in [9.17, 15) is 0 Å². The maximum atomic E-state index is 5.51. The number of nitrogens with zero attached hydrogens (tertiary/aromatic N) is 1. The Morgan fingerprint density at radius 3 is 2.95 bits per heavy atom. The Morgan fingerprint density at radius 1 is 1.53 bits per heavy atom. The van der Waals surface area contributed by atoms with Crippen LogP contribution in [0.1, 0.15) is 52.1 Å². The molecule has 0 radical (unpaired) electrons. The molecular formula is C15H26N2OS. The Hall–Kier alpha value is -0.480. The number of aryl methyl sites for hydroxylation is 1. The number of oxazole rings is 1. The average Bonchev–Trinajstić information content (AvgIpc) is 2.73. The highest BCUT2D eigenvalue weighted by Gasteiger charge is 2.39. The van der Waals surface area contributed by atoms with Gasteiger partial charge in [0.25, 0.3) is 5.22 Å². The molecule has 2 rings (SSSR count). The lowest BCUT2D eigenvalue weighted by molar-refractivity contribution is 0.174. The quantitative estimate of drug-likeness (QED) is 0.885. The van der Waals surface area contributed by atoms with E-state index in [4.69, 9.17) is 4.42 Å². The number of hydrogen-bond donors (Lipinski definition) is 1. The second-order valence-corrected chi connectivity index (χ2v) is 7.41. The second kappa shape index (κ2) is 6.31. The molecule has 3 nitrogen and oxygen atoms in total. The van der Waals surface area contributed by atoms with Crippen LogP contribution in [0.25, 0.3) is 0 Å². The van der Waals surface area contributed by atoms with E-state index >= 15 is 0 Å². The molecule has 0 aliphatic heterocycles. The molecule has 1 saturated carbocycles. The van der Waals surface area contributed by atoms with Crippen molar-refractivity contribution in [1.82, 2.24) is 10.3 Å². The molecule has 0 bridgehead atoms. The van der Waals surface area contributed by atoms with Crippen molar-refractivity contribution in [2.45, 2.75) is 69.9 Å². The first-order valence-corrected chi connectivity index (χ1v) is 8.23. The molecule has 1 fully saturated rings. The van der Waals surface area contributed by atoms with Gasteiger partial charge in [0.1, 0.15) is 6.26 Å². The van der Waals surface area contributed by atoms with E-state index in [2.05, 4.69) is 31.1 Å². The van der Waals surface area contributed by atoms with Crippen molar-refractivity contribution in [3.8, 4) is 0 Å². The second-order valence-electron chi connectivity index (χ2n) is 6.22.